The minimum absolute atomic E-state index is 0.172. The second-order valence-electron chi connectivity index (χ2n) is 7.17. The zero-order chi connectivity index (χ0) is 19.0. The summed E-state index contributed by atoms with van der Waals surface area (Å²) in [4.78, 5) is 24.6. The van der Waals surface area contributed by atoms with E-state index in [2.05, 4.69) is 26.8 Å². The number of piperazine rings is 1. The van der Waals surface area contributed by atoms with Crippen molar-refractivity contribution in [3.8, 4) is 5.69 Å². The molecule has 27 heavy (non-hydrogen) atoms. The van der Waals surface area contributed by atoms with Gasteiger partial charge in [-0.25, -0.2) is 4.68 Å². The summed E-state index contributed by atoms with van der Waals surface area (Å²) in [5, 5.41) is 14.4. The Morgan fingerprint density at radius 1 is 1.30 bits per heavy atom. The lowest BCUT2D eigenvalue weighted by Crippen LogP contribution is -2.54. The Labute approximate surface area is 157 Å². The number of nitrogens with one attached hydrogen (secondary N) is 1. The minimum atomic E-state index is -0.349. The Hall–Kier alpha value is -2.71. The fraction of sp³-hybridized carbons (Fsp3) is 0.421. The van der Waals surface area contributed by atoms with Crippen LogP contribution in [0.5, 0.6) is 0 Å². The van der Waals surface area contributed by atoms with Crippen molar-refractivity contribution in [1.29, 1.82) is 0 Å². The van der Waals surface area contributed by atoms with Crippen LogP contribution in [0, 0.1) is 0 Å². The highest BCUT2D eigenvalue weighted by molar-refractivity contribution is 5.76. The molecular weight excluding hydrogens is 344 g/mol. The number of H-pyrrole nitrogens is 1. The van der Waals surface area contributed by atoms with Gasteiger partial charge in [0, 0.05) is 32.2 Å². The molecule has 2 atom stereocenters. The van der Waals surface area contributed by atoms with Crippen molar-refractivity contribution in [2.45, 2.75) is 26.0 Å². The van der Waals surface area contributed by atoms with Crippen molar-refractivity contribution in [3.05, 3.63) is 46.9 Å². The van der Waals surface area contributed by atoms with Crippen molar-refractivity contribution < 1.29 is 5.11 Å². The molecule has 0 saturated carbocycles. The summed E-state index contributed by atoms with van der Waals surface area (Å²) < 4.78 is 1.70. The van der Waals surface area contributed by atoms with Gasteiger partial charge in [0.25, 0.3) is 5.56 Å². The Morgan fingerprint density at radius 3 is 2.78 bits per heavy atom. The lowest BCUT2D eigenvalue weighted by atomic mass is 10.2. The van der Waals surface area contributed by atoms with Crippen molar-refractivity contribution in [2.24, 2.45) is 0 Å². The summed E-state index contributed by atoms with van der Waals surface area (Å²) in [5.74, 6) is 0.564. The van der Waals surface area contributed by atoms with E-state index in [-0.39, 0.29) is 17.7 Å². The third-order valence-corrected chi connectivity index (χ3v) is 4.93. The predicted molar refractivity (Wildman–Crippen MR) is 104 cm³/mol. The fourth-order valence-corrected chi connectivity index (χ4v) is 3.69. The zero-order valence-electron chi connectivity index (χ0n) is 15.5. The van der Waals surface area contributed by atoms with Crippen LogP contribution < -0.4 is 10.5 Å². The average Bonchev–Trinajstić information content (AvgIpc) is 3.06. The predicted octanol–water partition coefficient (Wildman–Crippen LogP) is 1.00. The number of benzene rings is 1. The minimum Gasteiger partial charge on any atom is -0.392 e. The van der Waals surface area contributed by atoms with E-state index in [0.29, 0.717) is 23.5 Å². The Morgan fingerprint density at radius 2 is 2.07 bits per heavy atom. The standard InChI is InChI=1S/C19H24N6O2/c1-13-11-23(12-14(2)26)8-9-24(13)19-21-17-16(18(27)22-19)10-20-25(17)15-6-4-3-5-7-15/h3-7,10,13-14,26H,8-9,11-12H2,1-2H3,(H,21,22,27)/t13-,14-/m1/s1. The highest BCUT2D eigenvalue weighted by Gasteiger charge is 2.26. The van der Waals surface area contributed by atoms with Crippen LogP contribution in [0.3, 0.4) is 0 Å². The van der Waals surface area contributed by atoms with E-state index in [1.165, 1.54) is 0 Å². The highest BCUT2D eigenvalue weighted by Crippen LogP contribution is 2.19. The molecule has 8 nitrogen and oxygen atoms in total. The van der Waals surface area contributed by atoms with Gasteiger partial charge in [0.05, 0.1) is 18.0 Å². The van der Waals surface area contributed by atoms with Crippen molar-refractivity contribution in [1.82, 2.24) is 24.6 Å². The molecule has 3 heterocycles. The van der Waals surface area contributed by atoms with Gasteiger partial charge in [0.2, 0.25) is 5.95 Å². The van der Waals surface area contributed by atoms with Crippen LogP contribution in [-0.2, 0) is 0 Å². The SMILES string of the molecule is C[C@@H]1CN(C[C@@H](C)O)CCN1c1nc2c(cnn2-c2ccccc2)c(=O)[nH]1. The van der Waals surface area contributed by atoms with Crippen molar-refractivity contribution >= 4 is 17.0 Å². The van der Waals surface area contributed by atoms with Gasteiger partial charge in [-0.3, -0.25) is 14.7 Å². The molecule has 0 spiro atoms. The molecular formula is C19H24N6O2. The number of fused-ring (bicyclic) bond motifs is 1. The molecule has 0 amide bonds. The molecule has 1 aliphatic heterocycles. The number of hydrogen-bond donors (Lipinski definition) is 2. The number of para-hydroxylation sites is 1. The van der Waals surface area contributed by atoms with Crippen LogP contribution in [0.15, 0.2) is 41.3 Å². The molecule has 142 valence electrons. The van der Waals surface area contributed by atoms with Crippen LogP contribution >= 0.6 is 0 Å². The number of rotatable bonds is 4. The van der Waals surface area contributed by atoms with E-state index >= 15 is 0 Å². The number of aliphatic hydroxyl groups excluding tert-OH is 1. The molecule has 8 heteroatoms. The maximum absolute atomic E-state index is 12.6. The maximum atomic E-state index is 12.6. The van der Waals surface area contributed by atoms with E-state index in [0.717, 1.165) is 25.3 Å². The first-order valence-corrected chi connectivity index (χ1v) is 9.23. The second kappa shape index (κ2) is 7.13. The van der Waals surface area contributed by atoms with Gasteiger partial charge >= 0.3 is 0 Å². The highest BCUT2D eigenvalue weighted by atomic mass is 16.3. The van der Waals surface area contributed by atoms with Gasteiger partial charge in [-0.15, -0.1) is 0 Å². The Balaban J connectivity index is 1.68. The molecule has 0 radical (unpaired) electrons. The number of aromatic nitrogens is 4. The molecule has 2 aromatic heterocycles. The van der Waals surface area contributed by atoms with Crippen molar-refractivity contribution in [3.63, 3.8) is 0 Å². The van der Waals surface area contributed by atoms with Crippen molar-refractivity contribution in [2.75, 3.05) is 31.1 Å². The summed E-state index contributed by atoms with van der Waals surface area (Å²) >= 11 is 0. The van der Waals surface area contributed by atoms with Crippen LogP contribution in [0.25, 0.3) is 16.7 Å². The smallest absolute Gasteiger partial charge is 0.263 e. The number of anilines is 1. The Bertz CT molecular complexity index is 981. The number of aromatic amines is 1. The second-order valence-corrected chi connectivity index (χ2v) is 7.17. The third-order valence-electron chi connectivity index (χ3n) is 4.93. The number of β-amino-alcohol motifs (C(OH)–C–C–N with tert-alkyl or cyclic N) is 1. The lowest BCUT2D eigenvalue weighted by Gasteiger charge is -2.40. The molecule has 0 aliphatic carbocycles. The van der Waals surface area contributed by atoms with E-state index < -0.39 is 0 Å². The summed E-state index contributed by atoms with van der Waals surface area (Å²) in [6.45, 7) is 6.92. The number of nitrogens with zero attached hydrogens (tertiary/aromatic N) is 5. The molecule has 4 rings (SSSR count). The first kappa shape index (κ1) is 17.7. The van der Waals surface area contributed by atoms with Crippen LogP contribution in [0.2, 0.25) is 0 Å². The van der Waals surface area contributed by atoms with Crippen LogP contribution in [-0.4, -0.2) is 68.1 Å². The van der Waals surface area contributed by atoms with Gasteiger partial charge in [-0.1, -0.05) is 18.2 Å². The zero-order valence-corrected chi connectivity index (χ0v) is 15.5. The summed E-state index contributed by atoms with van der Waals surface area (Å²) in [7, 11) is 0. The van der Waals surface area contributed by atoms with Gasteiger partial charge in [-0.05, 0) is 26.0 Å². The monoisotopic (exact) mass is 368 g/mol. The van der Waals surface area contributed by atoms with Gasteiger partial charge < -0.3 is 10.0 Å². The van der Waals surface area contributed by atoms with Crippen LogP contribution in [0.4, 0.5) is 5.95 Å². The van der Waals surface area contributed by atoms with Gasteiger partial charge in [-0.2, -0.15) is 10.1 Å². The Kier molecular flexibility index (Phi) is 4.67. The van der Waals surface area contributed by atoms with Gasteiger partial charge in [0.15, 0.2) is 5.65 Å². The first-order valence-electron chi connectivity index (χ1n) is 9.23. The maximum Gasteiger partial charge on any atom is 0.263 e. The third kappa shape index (κ3) is 3.45. The van der Waals surface area contributed by atoms with Gasteiger partial charge in [0.1, 0.15) is 5.39 Å². The molecule has 1 aromatic carbocycles. The van der Waals surface area contributed by atoms with E-state index in [1.807, 2.05) is 30.3 Å². The molecule has 0 unspecified atom stereocenters. The summed E-state index contributed by atoms with van der Waals surface area (Å²) in [6, 6.07) is 9.85. The molecule has 1 saturated heterocycles. The molecule has 1 aliphatic rings. The lowest BCUT2D eigenvalue weighted by molar-refractivity contribution is 0.114. The summed E-state index contributed by atoms with van der Waals surface area (Å²) in [6.07, 6.45) is 1.21. The topological polar surface area (TPSA) is 90.3 Å². The largest absolute Gasteiger partial charge is 0.392 e. The van der Waals surface area contributed by atoms with E-state index in [1.54, 1.807) is 17.8 Å². The molecule has 0 bridgehead atoms. The van der Waals surface area contributed by atoms with Crippen LogP contribution in [0.1, 0.15) is 13.8 Å². The quantitative estimate of drug-likeness (QED) is 0.714. The average molecular weight is 368 g/mol. The fourth-order valence-electron chi connectivity index (χ4n) is 3.69. The first-order chi connectivity index (χ1) is 13.0. The number of hydrogen-bond acceptors (Lipinski definition) is 6. The van der Waals surface area contributed by atoms with E-state index in [9.17, 15) is 9.90 Å². The van der Waals surface area contributed by atoms with E-state index in [4.69, 9.17) is 4.98 Å². The summed E-state index contributed by atoms with van der Waals surface area (Å²) in [5.41, 5.74) is 1.24. The molecule has 1 fully saturated rings. The number of aliphatic hydroxyl groups is 1. The molecule has 3 aromatic rings. The normalized spacial score (nSPS) is 19.5. The molecule has 2 N–H and O–H groups in total.